The predicted molar refractivity (Wildman–Crippen MR) is 135 cm³/mol. The topological polar surface area (TPSA) is 54.5 Å². The van der Waals surface area contributed by atoms with E-state index in [1.165, 1.54) is 4.90 Å². The van der Waals surface area contributed by atoms with E-state index < -0.39 is 54.6 Å². The van der Waals surface area contributed by atoms with E-state index in [-0.39, 0.29) is 23.7 Å². The van der Waals surface area contributed by atoms with Crippen LogP contribution in [0.5, 0.6) is 0 Å². The average molecular weight is 553 g/mol. The van der Waals surface area contributed by atoms with E-state index in [4.69, 9.17) is 0 Å². The number of rotatable bonds is 8. The minimum Gasteiger partial charge on any atom is -0.390 e. The second kappa shape index (κ2) is 9.42. The lowest BCUT2D eigenvalue weighted by molar-refractivity contribution is -0.0869. The van der Waals surface area contributed by atoms with Crippen LogP contribution >= 0.6 is 0 Å². The molecule has 0 spiro atoms. The Labute approximate surface area is 221 Å². The maximum atomic E-state index is 15.7. The number of hydrogen-bond donors (Lipinski definition) is 3. The van der Waals surface area contributed by atoms with Crippen LogP contribution in [0.2, 0.25) is 0 Å². The van der Waals surface area contributed by atoms with E-state index in [1.807, 2.05) is 29.2 Å². The molecule has 3 atom stereocenters. The fourth-order valence-corrected chi connectivity index (χ4v) is 6.14. The van der Waals surface area contributed by atoms with Gasteiger partial charge in [-0.1, -0.05) is 18.2 Å². The zero-order valence-electron chi connectivity index (χ0n) is 21.3. The molecule has 0 radical (unpaired) electrons. The molecule has 6 rings (SSSR count). The highest BCUT2D eigenvalue weighted by Crippen LogP contribution is 2.49. The third-order valence-electron chi connectivity index (χ3n) is 8.28. The van der Waals surface area contributed by atoms with Gasteiger partial charge >= 0.3 is 0 Å². The maximum Gasteiger partial charge on any atom is 0.283 e. The number of likely N-dealkylation sites (tertiary alicyclic amines) is 1. The second-order valence-corrected chi connectivity index (χ2v) is 11.3. The molecule has 1 saturated heterocycles. The van der Waals surface area contributed by atoms with Crippen molar-refractivity contribution < 1.29 is 31.4 Å². The van der Waals surface area contributed by atoms with Gasteiger partial charge in [-0.15, -0.1) is 0 Å². The average Bonchev–Trinajstić information content (AvgIpc) is 3.29. The molecule has 210 valence electrons. The smallest absolute Gasteiger partial charge is 0.283 e. The lowest BCUT2D eigenvalue weighted by atomic mass is 9.87. The number of benzene rings is 2. The summed E-state index contributed by atoms with van der Waals surface area (Å²) in [7, 11) is 0. The number of aromatic nitrogens is 1. The monoisotopic (exact) mass is 552 g/mol. The molecule has 11 heteroatoms. The summed E-state index contributed by atoms with van der Waals surface area (Å²) >= 11 is 0. The summed E-state index contributed by atoms with van der Waals surface area (Å²) in [4.78, 5) is 6.44. The summed E-state index contributed by atoms with van der Waals surface area (Å²) in [5, 5.41) is 13.2. The van der Waals surface area contributed by atoms with E-state index in [0.717, 1.165) is 28.6 Å². The number of fused-ring (bicyclic) bond motifs is 3. The van der Waals surface area contributed by atoms with Crippen molar-refractivity contribution in [2.24, 2.45) is 5.92 Å². The number of hydrogen-bond acceptors (Lipinski definition) is 4. The van der Waals surface area contributed by atoms with Crippen LogP contribution in [-0.2, 0) is 6.42 Å². The third-order valence-corrected chi connectivity index (χ3v) is 8.28. The Morgan fingerprint density at radius 2 is 1.79 bits per heavy atom. The first-order valence-electron chi connectivity index (χ1n) is 13.2. The van der Waals surface area contributed by atoms with Crippen molar-refractivity contribution in [1.82, 2.24) is 14.8 Å². The van der Waals surface area contributed by atoms with Gasteiger partial charge in [-0.2, -0.15) is 0 Å². The van der Waals surface area contributed by atoms with Crippen LogP contribution in [0, 0.1) is 17.6 Å². The highest BCUT2D eigenvalue weighted by Gasteiger charge is 2.57. The molecule has 1 unspecified atom stereocenters. The van der Waals surface area contributed by atoms with E-state index in [9.17, 15) is 22.7 Å². The van der Waals surface area contributed by atoms with Gasteiger partial charge in [-0.3, -0.25) is 9.80 Å². The van der Waals surface area contributed by atoms with Gasteiger partial charge < -0.3 is 15.4 Å². The zero-order valence-corrected chi connectivity index (χ0v) is 21.3. The Morgan fingerprint density at radius 3 is 2.44 bits per heavy atom. The lowest BCUT2D eigenvalue weighted by Crippen LogP contribution is -2.55. The van der Waals surface area contributed by atoms with Crippen LogP contribution in [-0.4, -0.2) is 76.6 Å². The molecular formula is C28H30F6N4O. The Bertz CT molecular complexity index is 1360. The minimum absolute atomic E-state index is 0.0986. The lowest BCUT2D eigenvalue weighted by Gasteiger charge is -2.42. The molecule has 1 aromatic heterocycles. The highest BCUT2D eigenvalue weighted by molar-refractivity contribution is 5.85. The molecule has 2 aliphatic heterocycles. The Balaban J connectivity index is 1.29. The normalized spacial score (nSPS) is 25.5. The number of aliphatic hydroxyl groups excluding tert-OH is 1. The van der Waals surface area contributed by atoms with Crippen molar-refractivity contribution in [3.05, 3.63) is 64.9 Å². The van der Waals surface area contributed by atoms with Gasteiger partial charge in [0.15, 0.2) is 0 Å². The van der Waals surface area contributed by atoms with Crippen LogP contribution in [0.15, 0.2) is 36.4 Å². The van der Waals surface area contributed by atoms with Crippen molar-refractivity contribution in [2.45, 2.75) is 49.7 Å². The SMILES string of the molecule is C[C@@H]1Cc2c([nH]c3ccccc23)[C@@H](c2c(F)cc(NC3CN(CC4CC4(F)F)C3)cc2F)N1CC(F)(F)CO. The van der Waals surface area contributed by atoms with Crippen LogP contribution in [0.4, 0.5) is 32.0 Å². The van der Waals surface area contributed by atoms with Crippen molar-refractivity contribution in [2.75, 3.05) is 38.1 Å². The molecule has 3 N–H and O–H groups in total. The molecule has 2 aromatic carbocycles. The van der Waals surface area contributed by atoms with Crippen molar-refractivity contribution in [3.63, 3.8) is 0 Å². The molecule has 1 aliphatic carbocycles. The number of anilines is 1. The fourth-order valence-electron chi connectivity index (χ4n) is 6.14. The molecule has 3 aliphatic rings. The molecule has 0 bridgehead atoms. The second-order valence-electron chi connectivity index (χ2n) is 11.3. The van der Waals surface area contributed by atoms with Crippen molar-refractivity contribution in [1.29, 1.82) is 0 Å². The van der Waals surface area contributed by atoms with Crippen LogP contribution in [0.25, 0.3) is 10.9 Å². The first kappa shape index (κ1) is 26.5. The van der Waals surface area contributed by atoms with Gasteiger partial charge in [0.05, 0.1) is 18.6 Å². The van der Waals surface area contributed by atoms with Crippen molar-refractivity contribution in [3.8, 4) is 0 Å². The number of para-hydroxylation sites is 1. The summed E-state index contributed by atoms with van der Waals surface area (Å²) in [6.07, 6.45) is 0.295. The number of nitrogens with one attached hydrogen (secondary N) is 2. The first-order valence-corrected chi connectivity index (χ1v) is 13.2. The van der Waals surface area contributed by atoms with Gasteiger partial charge in [-0.25, -0.2) is 26.3 Å². The number of nitrogens with zero attached hydrogens (tertiary/aromatic N) is 2. The number of aromatic amines is 1. The van der Waals surface area contributed by atoms with E-state index in [0.29, 0.717) is 31.7 Å². The van der Waals surface area contributed by atoms with Crippen LogP contribution in [0.1, 0.15) is 36.2 Å². The molecule has 5 nitrogen and oxygen atoms in total. The first-order chi connectivity index (χ1) is 18.5. The number of halogens is 6. The van der Waals surface area contributed by atoms with E-state index in [1.54, 1.807) is 6.92 Å². The van der Waals surface area contributed by atoms with Gasteiger partial charge in [0.2, 0.25) is 0 Å². The molecule has 3 aromatic rings. The quantitative estimate of drug-likeness (QED) is 0.338. The standard InChI is InChI=1S/C28H30F6N4O/c1-15-6-20-19-4-2-3-5-23(19)36-25(20)26(38(15)13-27(31,32)14-39)24-21(29)7-17(8-22(24)30)35-18-11-37(12-18)10-16-9-28(16,33)34/h2-5,7-8,15-16,18,26,35-36,39H,6,9-14H2,1H3/t15-,16?,26-/m1/s1. The summed E-state index contributed by atoms with van der Waals surface area (Å²) in [5.74, 6) is -8.44. The Kier molecular flexibility index (Phi) is 6.39. The maximum absolute atomic E-state index is 15.7. The number of aliphatic hydroxyl groups is 1. The molecule has 0 amide bonds. The summed E-state index contributed by atoms with van der Waals surface area (Å²) in [6.45, 7) is 0.749. The minimum atomic E-state index is -3.47. The zero-order chi connectivity index (χ0) is 27.7. The fraction of sp³-hybridized carbons (Fsp3) is 0.500. The van der Waals surface area contributed by atoms with Crippen molar-refractivity contribution >= 4 is 16.6 Å². The molecule has 3 heterocycles. The van der Waals surface area contributed by atoms with Gasteiger partial charge in [0.25, 0.3) is 11.8 Å². The predicted octanol–water partition coefficient (Wildman–Crippen LogP) is 5.16. The molecule has 39 heavy (non-hydrogen) atoms. The number of H-pyrrole nitrogens is 1. The van der Waals surface area contributed by atoms with Crippen LogP contribution in [0.3, 0.4) is 0 Å². The molecular weight excluding hydrogens is 522 g/mol. The highest BCUT2D eigenvalue weighted by atomic mass is 19.3. The van der Waals surface area contributed by atoms with Crippen LogP contribution < -0.4 is 5.32 Å². The molecule has 2 fully saturated rings. The summed E-state index contributed by atoms with van der Waals surface area (Å²) in [5.41, 5.74) is 1.87. The largest absolute Gasteiger partial charge is 0.390 e. The van der Waals surface area contributed by atoms with Gasteiger partial charge in [0, 0.05) is 65.9 Å². The number of alkyl halides is 4. The summed E-state index contributed by atoms with van der Waals surface area (Å²) < 4.78 is 86.7. The third kappa shape index (κ3) is 4.89. The summed E-state index contributed by atoms with van der Waals surface area (Å²) in [6, 6.07) is 7.89. The van der Waals surface area contributed by atoms with Gasteiger partial charge in [0.1, 0.15) is 18.2 Å². The molecule has 1 saturated carbocycles. The van der Waals surface area contributed by atoms with E-state index in [2.05, 4.69) is 10.3 Å². The Hall–Kier alpha value is -2.76. The van der Waals surface area contributed by atoms with Gasteiger partial charge in [-0.05, 0) is 37.1 Å². The van der Waals surface area contributed by atoms with E-state index >= 15 is 8.78 Å². The Morgan fingerprint density at radius 1 is 1.13 bits per heavy atom.